The lowest BCUT2D eigenvalue weighted by molar-refractivity contribution is 0.222. The van der Waals surface area contributed by atoms with Gasteiger partial charge in [-0.3, -0.25) is 9.80 Å². The van der Waals surface area contributed by atoms with Gasteiger partial charge in [0, 0.05) is 37.0 Å². The number of aromatic nitrogens is 2. The molecule has 0 bridgehead atoms. The van der Waals surface area contributed by atoms with Crippen molar-refractivity contribution in [3.05, 3.63) is 27.9 Å². The van der Waals surface area contributed by atoms with Crippen LogP contribution >= 0.6 is 23.2 Å². The normalized spacial score (nSPS) is 24.3. The van der Waals surface area contributed by atoms with E-state index >= 15 is 0 Å². The molecule has 1 unspecified atom stereocenters. The van der Waals surface area contributed by atoms with E-state index in [-0.39, 0.29) is 34.7 Å². The predicted molar refractivity (Wildman–Crippen MR) is 146 cm³/mol. The van der Waals surface area contributed by atoms with Crippen molar-refractivity contribution < 1.29 is 14.3 Å². The van der Waals surface area contributed by atoms with Crippen molar-refractivity contribution in [2.24, 2.45) is 17.6 Å². The SMILES string of the molecule is COc1cc(OC)c(Cl)c(N2Cc3cnc(N[C@@H]4CC(C5CCCC5)CC[C@@H]4N)nc3N(C)C2=O)c1Cl. The van der Waals surface area contributed by atoms with Crippen LogP contribution in [0.5, 0.6) is 11.5 Å². The molecule has 37 heavy (non-hydrogen) atoms. The molecule has 3 N–H and O–H groups in total. The first-order valence-corrected chi connectivity index (χ1v) is 13.6. The Hall–Kier alpha value is -2.49. The van der Waals surface area contributed by atoms with Gasteiger partial charge >= 0.3 is 6.03 Å². The lowest BCUT2D eigenvalue weighted by atomic mass is 9.75. The number of carbonyl (C=O) groups excluding carboxylic acids is 1. The van der Waals surface area contributed by atoms with Crippen LogP contribution in [0.2, 0.25) is 10.0 Å². The number of halogens is 2. The Morgan fingerprint density at radius 1 is 1.05 bits per heavy atom. The van der Waals surface area contributed by atoms with Crippen molar-refractivity contribution in [1.82, 2.24) is 9.97 Å². The maximum atomic E-state index is 13.5. The Balaban J connectivity index is 1.39. The minimum Gasteiger partial charge on any atom is -0.495 e. The quantitative estimate of drug-likeness (QED) is 0.492. The highest BCUT2D eigenvalue weighted by Crippen LogP contribution is 2.48. The number of ether oxygens (including phenoxy) is 2. The van der Waals surface area contributed by atoms with Crippen molar-refractivity contribution in [3.8, 4) is 11.5 Å². The Morgan fingerprint density at radius 3 is 2.38 bits per heavy atom. The number of nitrogens with one attached hydrogen (secondary N) is 1. The van der Waals surface area contributed by atoms with Gasteiger partial charge in [0.15, 0.2) is 0 Å². The van der Waals surface area contributed by atoms with Gasteiger partial charge in [-0.25, -0.2) is 9.78 Å². The van der Waals surface area contributed by atoms with Gasteiger partial charge in [-0.2, -0.15) is 4.98 Å². The summed E-state index contributed by atoms with van der Waals surface area (Å²) in [6, 6.07) is 1.43. The fourth-order valence-corrected chi connectivity index (χ4v) is 6.78. The molecule has 5 rings (SSSR count). The van der Waals surface area contributed by atoms with Crippen LogP contribution in [0.3, 0.4) is 0 Å². The highest BCUT2D eigenvalue weighted by Gasteiger charge is 2.37. The summed E-state index contributed by atoms with van der Waals surface area (Å²) in [5, 5.41) is 3.93. The van der Waals surface area contributed by atoms with Crippen LogP contribution in [0, 0.1) is 11.8 Å². The molecule has 0 radical (unpaired) electrons. The molecular weight excluding hydrogens is 515 g/mol. The van der Waals surface area contributed by atoms with Crippen molar-refractivity contribution in [2.45, 2.75) is 63.6 Å². The summed E-state index contributed by atoms with van der Waals surface area (Å²) in [6.45, 7) is 0.196. The first kappa shape index (κ1) is 26.1. The first-order valence-electron chi connectivity index (χ1n) is 12.9. The van der Waals surface area contributed by atoms with E-state index in [0.29, 0.717) is 34.9 Å². The maximum Gasteiger partial charge on any atom is 0.330 e. The van der Waals surface area contributed by atoms with Crippen LogP contribution in [-0.4, -0.2) is 49.4 Å². The Labute approximate surface area is 227 Å². The molecule has 3 atom stereocenters. The molecular formula is C26H34Cl2N6O3. The third kappa shape index (κ3) is 4.89. The second kappa shape index (κ2) is 10.7. The van der Waals surface area contributed by atoms with E-state index < -0.39 is 0 Å². The summed E-state index contributed by atoms with van der Waals surface area (Å²) in [5.74, 6) is 3.25. The van der Waals surface area contributed by atoms with E-state index in [1.54, 1.807) is 19.3 Å². The highest BCUT2D eigenvalue weighted by atomic mass is 35.5. The van der Waals surface area contributed by atoms with Gasteiger partial charge in [-0.05, 0) is 31.1 Å². The third-order valence-corrected chi connectivity index (χ3v) is 8.88. The Bertz CT molecular complexity index is 1150. The van der Waals surface area contributed by atoms with Gasteiger partial charge in [0.2, 0.25) is 5.95 Å². The van der Waals surface area contributed by atoms with Gasteiger partial charge in [-0.1, -0.05) is 48.9 Å². The van der Waals surface area contributed by atoms with Gasteiger partial charge in [-0.15, -0.1) is 0 Å². The smallest absolute Gasteiger partial charge is 0.330 e. The van der Waals surface area contributed by atoms with Crippen LogP contribution in [0.25, 0.3) is 0 Å². The number of urea groups is 1. The number of hydrogen-bond donors (Lipinski definition) is 2. The molecule has 2 fully saturated rings. The first-order chi connectivity index (χ1) is 17.8. The Morgan fingerprint density at radius 2 is 1.73 bits per heavy atom. The van der Waals surface area contributed by atoms with Crippen LogP contribution in [-0.2, 0) is 6.54 Å². The minimum atomic E-state index is -0.327. The minimum absolute atomic E-state index is 0.0551. The van der Waals surface area contributed by atoms with Crippen LogP contribution < -0.4 is 30.3 Å². The lowest BCUT2D eigenvalue weighted by Crippen LogP contribution is -2.47. The molecule has 1 aromatic carbocycles. The topological polar surface area (TPSA) is 106 Å². The fraction of sp³-hybridized carbons (Fsp3) is 0.577. The zero-order valence-electron chi connectivity index (χ0n) is 21.5. The molecule has 9 nitrogen and oxygen atoms in total. The number of nitrogens with two attached hydrogens (primary N) is 1. The number of nitrogens with zero attached hydrogens (tertiary/aromatic N) is 4. The zero-order chi connectivity index (χ0) is 26.3. The van der Waals surface area contributed by atoms with E-state index in [1.165, 1.54) is 56.1 Å². The number of benzene rings is 1. The summed E-state index contributed by atoms with van der Waals surface area (Å²) < 4.78 is 10.8. The molecule has 0 saturated heterocycles. The second-order valence-corrected chi connectivity index (χ2v) is 11.0. The highest BCUT2D eigenvalue weighted by molar-refractivity contribution is 6.42. The zero-order valence-corrected chi connectivity index (χ0v) is 23.0. The summed E-state index contributed by atoms with van der Waals surface area (Å²) in [4.78, 5) is 25.8. The van der Waals surface area contributed by atoms with Gasteiger partial charge < -0.3 is 20.5 Å². The fourth-order valence-electron chi connectivity index (χ4n) is 6.08. The van der Waals surface area contributed by atoms with Gasteiger partial charge in [0.25, 0.3) is 0 Å². The maximum absolute atomic E-state index is 13.5. The molecule has 2 heterocycles. The molecule has 11 heteroatoms. The molecule has 3 aliphatic rings. The number of methoxy groups -OCH3 is 2. The van der Waals surface area contributed by atoms with Crippen LogP contribution in [0.1, 0.15) is 50.5 Å². The molecule has 0 spiro atoms. The number of carbonyl (C=O) groups is 1. The van der Waals surface area contributed by atoms with E-state index in [0.717, 1.165) is 24.3 Å². The average molecular weight is 550 g/mol. The lowest BCUT2D eigenvalue weighted by Gasteiger charge is -2.38. The summed E-state index contributed by atoms with van der Waals surface area (Å²) in [7, 11) is 4.66. The molecule has 2 aromatic rings. The molecule has 1 aliphatic heterocycles. The van der Waals surface area contributed by atoms with Crippen molar-refractivity contribution in [2.75, 3.05) is 36.4 Å². The third-order valence-electron chi connectivity index (χ3n) is 8.15. The van der Waals surface area contributed by atoms with E-state index in [4.69, 9.17) is 43.4 Å². The number of amides is 2. The number of anilines is 3. The summed E-state index contributed by atoms with van der Waals surface area (Å²) in [6.07, 6.45) is 10.3. The number of hydrogen-bond acceptors (Lipinski definition) is 7. The van der Waals surface area contributed by atoms with Gasteiger partial charge in [0.05, 0.1) is 26.5 Å². The molecule has 200 valence electrons. The largest absolute Gasteiger partial charge is 0.495 e. The van der Waals surface area contributed by atoms with E-state index in [9.17, 15) is 4.79 Å². The van der Waals surface area contributed by atoms with Crippen molar-refractivity contribution >= 4 is 46.7 Å². The molecule has 1 aromatic heterocycles. The number of rotatable bonds is 6. The van der Waals surface area contributed by atoms with Crippen LogP contribution in [0.15, 0.2) is 12.3 Å². The monoisotopic (exact) mass is 548 g/mol. The van der Waals surface area contributed by atoms with Crippen molar-refractivity contribution in [1.29, 1.82) is 0 Å². The second-order valence-electron chi connectivity index (χ2n) is 10.3. The molecule has 2 amide bonds. The molecule has 2 saturated carbocycles. The average Bonchev–Trinajstić information content (AvgIpc) is 3.44. The van der Waals surface area contributed by atoms with Crippen LogP contribution in [0.4, 0.5) is 22.2 Å². The Kier molecular flexibility index (Phi) is 7.56. The van der Waals surface area contributed by atoms with E-state index in [1.807, 2.05) is 0 Å². The summed E-state index contributed by atoms with van der Waals surface area (Å²) >= 11 is 13.2. The predicted octanol–water partition coefficient (Wildman–Crippen LogP) is 5.48. The number of fused-ring (bicyclic) bond motifs is 1. The van der Waals surface area contributed by atoms with Crippen molar-refractivity contribution in [3.63, 3.8) is 0 Å². The van der Waals surface area contributed by atoms with E-state index in [2.05, 4.69) is 10.3 Å². The van der Waals surface area contributed by atoms with Gasteiger partial charge in [0.1, 0.15) is 27.4 Å². The molecule has 2 aliphatic carbocycles. The standard InChI is InChI=1S/C26H34Cl2N6O3/c1-33-24-16(13-34(26(33)35)23-21(27)19(36-2)11-20(37-3)22(23)28)12-30-25(32-24)31-18-10-15(8-9-17(18)29)14-6-4-5-7-14/h11-12,14-15,17-18H,4-10,13,29H2,1-3H3,(H,30,31,32)/t15?,17-,18+/m0/s1. The summed E-state index contributed by atoms with van der Waals surface area (Å²) in [5.41, 5.74) is 7.58.